The third-order valence-corrected chi connectivity index (χ3v) is 5.90. The fourth-order valence-corrected chi connectivity index (χ4v) is 3.96. The average molecular weight is 412 g/mol. The van der Waals surface area contributed by atoms with Gasteiger partial charge in [-0.2, -0.15) is 0 Å². The Hall–Kier alpha value is -3.19. The molecule has 0 fully saturated rings. The molecule has 0 saturated heterocycles. The number of sulfonamides is 1. The van der Waals surface area contributed by atoms with Crippen molar-refractivity contribution in [1.82, 2.24) is 0 Å². The molecule has 1 amide bonds. The molecule has 0 aliphatic heterocycles. The number of rotatable bonds is 6. The molecule has 0 saturated carbocycles. The van der Waals surface area contributed by atoms with Crippen LogP contribution in [0.5, 0.6) is 0 Å². The zero-order valence-corrected chi connectivity index (χ0v) is 16.9. The highest BCUT2D eigenvalue weighted by Gasteiger charge is 2.15. The molecule has 0 bridgehead atoms. The number of carbonyl (C=O) groups excluding carboxylic acids is 1. The van der Waals surface area contributed by atoms with Gasteiger partial charge in [0.15, 0.2) is 0 Å². The van der Waals surface area contributed by atoms with Gasteiger partial charge in [-0.05, 0) is 73.0 Å². The molecule has 0 spiro atoms. The highest BCUT2D eigenvalue weighted by Crippen LogP contribution is 2.23. The quantitative estimate of drug-likeness (QED) is 0.614. The summed E-state index contributed by atoms with van der Waals surface area (Å²) in [6.45, 7) is 3.95. The van der Waals surface area contributed by atoms with E-state index in [-0.39, 0.29) is 10.8 Å². The lowest BCUT2D eigenvalue weighted by molar-refractivity contribution is 0.102. The molecule has 0 radical (unpaired) electrons. The fourth-order valence-electron chi connectivity index (χ4n) is 2.91. The zero-order valence-electron chi connectivity index (χ0n) is 16.1. The predicted molar refractivity (Wildman–Crippen MR) is 112 cm³/mol. The molecular formula is C22H21FN2O3S. The third kappa shape index (κ3) is 4.81. The Labute approximate surface area is 169 Å². The molecule has 0 aliphatic rings. The van der Waals surface area contributed by atoms with Gasteiger partial charge in [0.25, 0.3) is 15.9 Å². The number of benzene rings is 3. The summed E-state index contributed by atoms with van der Waals surface area (Å²) in [6, 6.07) is 16.5. The molecule has 3 rings (SSSR count). The largest absolute Gasteiger partial charge is 0.321 e. The molecule has 5 nitrogen and oxygen atoms in total. The lowest BCUT2D eigenvalue weighted by Crippen LogP contribution is -2.15. The summed E-state index contributed by atoms with van der Waals surface area (Å²) in [5.74, 6) is -0.791. The molecule has 2 N–H and O–H groups in total. The summed E-state index contributed by atoms with van der Waals surface area (Å²) in [5, 5.41) is 2.93. The molecule has 0 heterocycles. The van der Waals surface area contributed by atoms with Gasteiger partial charge in [0.1, 0.15) is 5.82 Å². The summed E-state index contributed by atoms with van der Waals surface area (Å²) in [7, 11) is -3.84. The molecular weight excluding hydrogens is 391 g/mol. The van der Waals surface area contributed by atoms with Crippen molar-refractivity contribution in [2.24, 2.45) is 0 Å². The first kappa shape index (κ1) is 20.5. The minimum Gasteiger partial charge on any atom is -0.321 e. The molecule has 150 valence electrons. The van der Waals surface area contributed by atoms with Crippen molar-refractivity contribution >= 4 is 27.3 Å². The van der Waals surface area contributed by atoms with Crippen molar-refractivity contribution in [2.75, 3.05) is 10.0 Å². The van der Waals surface area contributed by atoms with E-state index in [0.717, 1.165) is 35.4 Å². The molecule has 29 heavy (non-hydrogen) atoms. The fraction of sp³-hybridized carbons (Fsp3) is 0.136. The first-order valence-electron chi connectivity index (χ1n) is 9.08. The number of halogens is 1. The van der Waals surface area contributed by atoms with E-state index in [1.807, 2.05) is 32.0 Å². The predicted octanol–water partition coefficient (Wildman–Crippen LogP) is 4.75. The van der Waals surface area contributed by atoms with Crippen LogP contribution in [0.15, 0.2) is 71.6 Å². The van der Waals surface area contributed by atoms with Gasteiger partial charge in [-0.15, -0.1) is 0 Å². The third-order valence-electron chi connectivity index (χ3n) is 4.50. The van der Waals surface area contributed by atoms with Gasteiger partial charge in [0.05, 0.1) is 4.90 Å². The van der Waals surface area contributed by atoms with E-state index in [2.05, 4.69) is 10.0 Å². The Bertz CT molecular complexity index is 1130. The van der Waals surface area contributed by atoms with Gasteiger partial charge in [-0.25, -0.2) is 12.8 Å². The minimum atomic E-state index is -3.84. The normalized spacial score (nSPS) is 11.1. The van der Waals surface area contributed by atoms with Crippen LogP contribution in [0.2, 0.25) is 0 Å². The Morgan fingerprint density at radius 3 is 2.24 bits per heavy atom. The van der Waals surface area contributed by atoms with E-state index in [0.29, 0.717) is 11.3 Å². The molecule has 0 atom stereocenters. The zero-order chi connectivity index (χ0) is 21.0. The van der Waals surface area contributed by atoms with Crippen molar-refractivity contribution in [3.05, 3.63) is 89.2 Å². The van der Waals surface area contributed by atoms with E-state index in [1.54, 1.807) is 12.1 Å². The van der Waals surface area contributed by atoms with E-state index in [4.69, 9.17) is 0 Å². The van der Waals surface area contributed by atoms with Gasteiger partial charge in [0, 0.05) is 16.9 Å². The summed E-state index contributed by atoms with van der Waals surface area (Å²) in [6.07, 6.45) is 0.793. The van der Waals surface area contributed by atoms with Gasteiger partial charge in [-0.3, -0.25) is 9.52 Å². The number of anilines is 2. The SMILES string of the molecule is CCc1cccc(C)c1NC(=O)c1ccc(NS(=O)(=O)c2ccc(F)cc2)cc1. The van der Waals surface area contributed by atoms with Gasteiger partial charge < -0.3 is 5.32 Å². The maximum atomic E-state index is 13.0. The Kier molecular flexibility index (Phi) is 5.98. The highest BCUT2D eigenvalue weighted by molar-refractivity contribution is 7.92. The van der Waals surface area contributed by atoms with Gasteiger partial charge in [-0.1, -0.05) is 25.1 Å². The van der Waals surface area contributed by atoms with E-state index < -0.39 is 15.8 Å². The summed E-state index contributed by atoms with van der Waals surface area (Å²) in [5.41, 5.74) is 3.51. The smallest absolute Gasteiger partial charge is 0.261 e. The van der Waals surface area contributed by atoms with Crippen LogP contribution in [0.1, 0.15) is 28.4 Å². The lowest BCUT2D eigenvalue weighted by atomic mass is 10.1. The summed E-state index contributed by atoms with van der Waals surface area (Å²) < 4.78 is 40.1. The van der Waals surface area contributed by atoms with E-state index >= 15 is 0 Å². The van der Waals surface area contributed by atoms with Crippen LogP contribution in [0, 0.1) is 12.7 Å². The molecule has 0 unspecified atom stereocenters. The second kappa shape index (κ2) is 8.45. The molecule has 3 aromatic carbocycles. The Balaban J connectivity index is 1.75. The van der Waals surface area contributed by atoms with Crippen LogP contribution >= 0.6 is 0 Å². The standard InChI is InChI=1S/C22H21FN2O3S/c1-3-16-6-4-5-15(2)21(16)24-22(26)17-7-11-19(12-8-17)25-29(27,28)20-13-9-18(23)10-14-20/h4-14,25H,3H2,1-2H3,(H,24,26). The summed E-state index contributed by atoms with van der Waals surface area (Å²) in [4.78, 5) is 12.6. The monoisotopic (exact) mass is 412 g/mol. The number of para-hydroxylation sites is 1. The van der Waals surface area contributed by atoms with Crippen molar-refractivity contribution < 1.29 is 17.6 Å². The van der Waals surface area contributed by atoms with Crippen LogP contribution in [-0.4, -0.2) is 14.3 Å². The van der Waals surface area contributed by atoms with Crippen LogP contribution < -0.4 is 10.0 Å². The molecule has 3 aromatic rings. The maximum absolute atomic E-state index is 13.0. The van der Waals surface area contributed by atoms with Crippen LogP contribution in [0.4, 0.5) is 15.8 Å². The second-order valence-corrected chi connectivity index (χ2v) is 8.24. The number of hydrogen-bond acceptors (Lipinski definition) is 3. The first-order chi connectivity index (χ1) is 13.8. The average Bonchev–Trinajstić information content (AvgIpc) is 2.70. The number of amides is 1. The van der Waals surface area contributed by atoms with Crippen molar-refractivity contribution in [1.29, 1.82) is 0 Å². The Morgan fingerprint density at radius 2 is 1.62 bits per heavy atom. The topological polar surface area (TPSA) is 75.3 Å². The lowest BCUT2D eigenvalue weighted by Gasteiger charge is -2.13. The first-order valence-corrected chi connectivity index (χ1v) is 10.6. The molecule has 7 heteroatoms. The summed E-state index contributed by atoms with van der Waals surface area (Å²) >= 11 is 0. The Morgan fingerprint density at radius 1 is 0.966 bits per heavy atom. The molecule has 0 aromatic heterocycles. The second-order valence-electron chi connectivity index (χ2n) is 6.55. The van der Waals surface area contributed by atoms with Gasteiger partial charge >= 0.3 is 0 Å². The number of aryl methyl sites for hydroxylation is 2. The number of hydrogen-bond donors (Lipinski definition) is 2. The molecule has 0 aliphatic carbocycles. The minimum absolute atomic E-state index is 0.0487. The van der Waals surface area contributed by atoms with E-state index in [9.17, 15) is 17.6 Å². The van der Waals surface area contributed by atoms with Crippen LogP contribution in [-0.2, 0) is 16.4 Å². The highest BCUT2D eigenvalue weighted by atomic mass is 32.2. The van der Waals surface area contributed by atoms with E-state index in [1.165, 1.54) is 24.3 Å². The van der Waals surface area contributed by atoms with Crippen LogP contribution in [0.3, 0.4) is 0 Å². The van der Waals surface area contributed by atoms with Crippen molar-refractivity contribution in [3.63, 3.8) is 0 Å². The maximum Gasteiger partial charge on any atom is 0.261 e. The van der Waals surface area contributed by atoms with Gasteiger partial charge in [0.2, 0.25) is 0 Å². The number of nitrogens with one attached hydrogen (secondary N) is 2. The number of carbonyl (C=O) groups is 1. The van der Waals surface area contributed by atoms with Crippen molar-refractivity contribution in [3.8, 4) is 0 Å². The van der Waals surface area contributed by atoms with Crippen LogP contribution in [0.25, 0.3) is 0 Å². The van der Waals surface area contributed by atoms with Crippen molar-refractivity contribution in [2.45, 2.75) is 25.2 Å².